The molecule has 0 spiro atoms. The van der Waals surface area contributed by atoms with E-state index in [1.807, 2.05) is 0 Å². The lowest BCUT2D eigenvalue weighted by Crippen LogP contribution is -2.34. The van der Waals surface area contributed by atoms with Crippen molar-refractivity contribution >= 4 is 5.97 Å². The van der Waals surface area contributed by atoms with E-state index in [1.165, 1.54) is 31.2 Å². The molecule has 1 aromatic rings. The quantitative estimate of drug-likeness (QED) is 0.726. The molecule has 0 saturated carbocycles. The number of carbonyl (C=O) groups is 1. The molecule has 0 radical (unpaired) electrons. The third-order valence-electron chi connectivity index (χ3n) is 1.98. The van der Waals surface area contributed by atoms with Crippen molar-refractivity contribution in [2.75, 3.05) is 7.11 Å². The van der Waals surface area contributed by atoms with Gasteiger partial charge in [0, 0.05) is 5.56 Å². The predicted molar refractivity (Wildman–Crippen MR) is 48.0 cm³/mol. The first-order valence-corrected chi connectivity index (χ1v) is 4.06. The van der Waals surface area contributed by atoms with Crippen molar-refractivity contribution in [3.8, 4) is 0 Å². The van der Waals surface area contributed by atoms with Crippen LogP contribution in [0.15, 0.2) is 24.3 Å². The van der Waals surface area contributed by atoms with Gasteiger partial charge in [-0.1, -0.05) is 18.2 Å². The van der Waals surface area contributed by atoms with Gasteiger partial charge in [0.2, 0.25) is 0 Å². The minimum Gasteiger partial charge on any atom is -0.467 e. The van der Waals surface area contributed by atoms with Crippen molar-refractivity contribution in [2.45, 2.75) is 12.5 Å². The molecule has 3 nitrogen and oxygen atoms in total. The molecule has 0 heterocycles. The Kier molecular flexibility index (Phi) is 2.86. The maximum atomic E-state index is 13.2. The number of carbonyl (C=O) groups excluding carboxylic acids is 1. The fourth-order valence-corrected chi connectivity index (χ4v) is 1.16. The summed E-state index contributed by atoms with van der Waals surface area (Å²) < 4.78 is 17.6. The summed E-state index contributed by atoms with van der Waals surface area (Å²) in [5.41, 5.74) is -2.04. The Bertz CT molecular complexity index is 347. The molecule has 1 aromatic carbocycles. The lowest BCUT2D eigenvalue weighted by atomic mass is 9.96. The van der Waals surface area contributed by atoms with Crippen LogP contribution < -0.4 is 0 Å². The Hall–Kier alpha value is -1.42. The fourth-order valence-electron chi connectivity index (χ4n) is 1.16. The molecule has 76 valence electrons. The van der Waals surface area contributed by atoms with E-state index < -0.39 is 17.4 Å². The number of methoxy groups -OCH3 is 1. The number of hydrogen-bond donors (Lipinski definition) is 1. The summed E-state index contributed by atoms with van der Waals surface area (Å²) in [6.07, 6.45) is 0. The molecule has 1 rings (SSSR count). The van der Waals surface area contributed by atoms with E-state index in [0.29, 0.717) is 0 Å². The Labute approximate surface area is 81.1 Å². The van der Waals surface area contributed by atoms with Crippen molar-refractivity contribution in [2.24, 2.45) is 0 Å². The van der Waals surface area contributed by atoms with Crippen LogP contribution in [0.25, 0.3) is 0 Å². The Morgan fingerprint density at radius 3 is 2.57 bits per heavy atom. The topological polar surface area (TPSA) is 46.5 Å². The number of rotatable bonds is 2. The summed E-state index contributed by atoms with van der Waals surface area (Å²) in [5, 5.41) is 9.72. The van der Waals surface area contributed by atoms with Crippen molar-refractivity contribution in [1.82, 2.24) is 0 Å². The van der Waals surface area contributed by atoms with Gasteiger partial charge >= 0.3 is 5.97 Å². The van der Waals surface area contributed by atoms with E-state index in [2.05, 4.69) is 4.74 Å². The molecule has 0 bridgehead atoms. The Morgan fingerprint density at radius 1 is 1.50 bits per heavy atom. The second-order valence-electron chi connectivity index (χ2n) is 3.04. The third kappa shape index (κ3) is 1.75. The van der Waals surface area contributed by atoms with Crippen molar-refractivity contribution in [3.05, 3.63) is 35.6 Å². The van der Waals surface area contributed by atoms with Crippen LogP contribution in [0.3, 0.4) is 0 Å². The van der Waals surface area contributed by atoms with Crippen LogP contribution in [0.1, 0.15) is 12.5 Å². The zero-order chi connectivity index (χ0) is 10.8. The number of hydrogen-bond acceptors (Lipinski definition) is 3. The highest BCUT2D eigenvalue weighted by Crippen LogP contribution is 2.24. The predicted octanol–water partition coefficient (Wildman–Crippen LogP) is 1.21. The molecule has 1 N–H and O–H groups in total. The molecular formula is C10H11FO3. The van der Waals surface area contributed by atoms with Gasteiger partial charge < -0.3 is 9.84 Å². The molecule has 0 aliphatic carbocycles. The molecule has 0 aromatic heterocycles. The van der Waals surface area contributed by atoms with Crippen molar-refractivity contribution in [3.63, 3.8) is 0 Å². The summed E-state index contributed by atoms with van der Waals surface area (Å²) in [6.45, 7) is 1.19. The summed E-state index contributed by atoms with van der Waals surface area (Å²) in [6, 6.07) is 5.53. The van der Waals surface area contributed by atoms with Crippen LogP contribution in [0, 0.1) is 5.82 Å². The molecule has 0 fully saturated rings. The standard InChI is InChI=1S/C10H11FO3/c1-10(13,9(12)14-2)7-5-3-4-6-8(7)11/h3-6,13H,1-2H3. The largest absolute Gasteiger partial charge is 0.467 e. The highest BCUT2D eigenvalue weighted by atomic mass is 19.1. The molecule has 0 aliphatic heterocycles. The molecular weight excluding hydrogens is 187 g/mol. The number of esters is 1. The lowest BCUT2D eigenvalue weighted by molar-refractivity contribution is -0.161. The summed E-state index contributed by atoms with van der Waals surface area (Å²) in [7, 11) is 1.14. The molecule has 0 saturated heterocycles. The van der Waals surface area contributed by atoms with Crippen LogP contribution in [0.2, 0.25) is 0 Å². The average molecular weight is 198 g/mol. The zero-order valence-corrected chi connectivity index (χ0v) is 7.95. The van der Waals surface area contributed by atoms with Gasteiger partial charge in [0.1, 0.15) is 5.82 Å². The molecule has 0 aliphatic rings. The first kappa shape index (κ1) is 10.7. The van der Waals surface area contributed by atoms with Gasteiger partial charge in [-0.3, -0.25) is 0 Å². The zero-order valence-electron chi connectivity index (χ0n) is 7.95. The van der Waals surface area contributed by atoms with Crippen LogP contribution in [-0.4, -0.2) is 18.2 Å². The minimum atomic E-state index is -1.94. The van der Waals surface area contributed by atoms with Crippen LogP contribution in [-0.2, 0) is 15.1 Å². The van der Waals surface area contributed by atoms with E-state index in [9.17, 15) is 14.3 Å². The number of benzene rings is 1. The van der Waals surface area contributed by atoms with Gasteiger partial charge in [-0.25, -0.2) is 9.18 Å². The Balaban J connectivity index is 3.16. The number of aliphatic hydroxyl groups is 1. The Morgan fingerprint density at radius 2 is 2.07 bits per heavy atom. The van der Waals surface area contributed by atoms with Gasteiger partial charge in [0.25, 0.3) is 0 Å². The SMILES string of the molecule is COC(=O)C(C)(O)c1ccccc1F. The average Bonchev–Trinajstić information content (AvgIpc) is 2.17. The summed E-state index contributed by atoms with van der Waals surface area (Å²) >= 11 is 0. The van der Waals surface area contributed by atoms with E-state index in [-0.39, 0.29) is 5.56 Å². The maximum absolute atomic E-state index is 13.2. The van der Waals surface area contributed by atoms with Gasteiger partial charge in [-0.15, -0.1) is 0 Å². The normalized spacial score (nSPS) is 14.6. The smallest absolute Gasteiger partial charge is 0.342 e. The van der Waals surface area contributed by atoms with Gasteiger partial charge in [0.05, 0.1) is 7.11 Å². The molecule has 1 unspecified atom stereocenters. The minimum absolute atomic E-state index is 0.0909. The summed E-state index contributed by atoms with van der Waals surface area (Å²) in [4.78, 5) is 11.1. The van der Waals surface area contributed by atoms with E-state index >= 15 is 0 Å². The fraction of sp³-hybridized carbons (Fsp3) is 0.300. The van der Waals surface area contributed by atoms with E-state index in [0.717, 1.165) is 7.11 Å². The highest BCUT2D eigenvalue weighted by molar-refractivity contribution is 5.80. The third-order valence-corrected chi connectivity index (χ3v) is 1.98. The molecule has 4 heteroatoms. The van der Waals surface area contributed by atoms with Gasteiger partial charge in [-0.05, 0) is 13.0 Å². The van der Waals surface area contributed by atoms with Crippen LogP contribution in [0.5, 0.6) is 0 Å². The first-order chi connectivity index (χ1) is 6.50. The monoisotopic (exact) mass is 198 g/mol. The van der Waals surface area contributed by atoms with E-state index in [4.69, 9.17) is 0 Å². The molecule has 0 amide bonds. The highest BCUT2D eigenvalue weighted by Gasteiger charge is 2.35. The lowest BCUT2D eigenvalue weighted by Gasteiger charge is -2.20. The molecule has 14 heavy (non-hydrogen) atoms. The number of halogens is 1. The number of ether oxygens (including phenoxy) is 1. The van der Waals surface area contributed by atoms with E-state index in [1.54, 1.807) is 0 Å². The van der Waals surface area contributed by atoms with Gasteiger partial charge in [-0.2, -0.15) is 0 Å². The van der Waals surface area contributed by atoms with Crippen molar-refractivity contribution < 1.29 is 19.0 Å². The first-order valence-electron chi connectivity index (χ1n) is 4.06. The second kappa shape index (κ2) is 3.75. The summed E-state index contributed by atoms with van der Waals surface area (Å²) in [5.74, 6) is -1.52. The maximum Gasteiger partial charge on any atom is 0.342 e. The second-order valence-corrected chi connectivity index (χ2v) is 3.04. The molecule has 1 atom stereocenters. The van der Waals surface area contributed by atoms with Gasteiger partial charge in [0.15, 0.2) is 5.60 Å². The van der Waals surface area contributed by atoms with Crippen molar-refractivity contribution in [1.29, 1.82) is 0 Å². The van der Waals surface area contributed by atoms with Crippen LogP contribution >= 0.6 is 0 Å². The van der Waals surface area contributed by atoms with Crippen LogP contribution in [0.4, 0.5) is 4.39 Å².